The zero-order chi connectivity index (χ0) is 18.1. The number of nitrogens with one attached hydrogen (secondary N) is 2. The molecule has 5 nitrogen and oxygen atoms in total. The number of likely N-dealkylation sites (tertiary alicyclic amines) is 1. The molecular formula is C20H34N4O. The third-order valence-electron chi connectivity index (χ3n) is 4.83. The van der Waals surface area contributed by atoms with Gasteiger partial charge in [-0.3, -0.25) is 4.90 Å². The zero-order valence-corrected chi connectivity index (χ0v) is 16.3. The standard InChI is InChI=1S/C20H34N4O/c1-5-18(24-11-7-8-12-24)15-23-20(21-6-2)22-14-17-10-9-16(3)13-19(17)25-4/h9-10,13,18H,5-8,11-12,14-15H2,1-4H3,(H2,21,22,23). The number of hydrogen-bond acceptors (Lipinski definition) is 3. The molecule has 0 aliphatic carbocycles. The molecule has 1 unspecified atom stereocenters. The molecule has 2 N–H and O–H groups in total. The van der Waals surface area contributed by atoms with Gasteiger partial charge in [-0.1, -0.05) is 19.1 Å². The second-order valence-electron chi connectivity index (χ2n) is 6.70. The van der Waals surface area contributed by atoms with Crippen molar-refractivity contribution in [3.8, 4) is 5.75 Å². The van der Waals surface area contributed by atoms with E-state index in [1.165, 1.54) is 31.5 Å². The van der Waals surface area contributed by atoms with E-state index in [9.17, 15) is 0 Å². The minimum atomic E-state index is 0.584. The van der Waals surface area contributed by atoms with Crippen LogP contribution in [0.4, 0.5) is 0 Å². The van der Waals surface area contributed by atoms with Crippen molar-refractivity contribution < 1.29 is 4.74 Å². The molecule has 0 saturated carbocycles. The molecule has 140 valence electrons. The molecular weight excluding hydrogens is 312 g/mol. The van der Waals surface area contributed by atoms with Gasteiger partial charge in [-0.2, -0.15) is 0 Å². The van der Waals surface area contributed by atoms with Gasteiger partial charge in [0.2, 0.25) is 0 Å². The molecule has 0 aromatic heterocycles. The quantitative estimate of drug-likeness (QED) is 0.561. The van der Waals surface area contributed by atoms with E-state index in [2.05, 4.69) is 54.5 Å². The van der Waals surface area contributed by atoms with Crippen LogP contribution >= 0.6 is 0 Å². The van der Waals surface area contributed by atoms with Gasteiger partial charge >= 0.3 is 0 Å². The summed E-state index contributed by atoms with van der Waals surface area (Å²) in [7, 11) is 1.72. The van der Waals surface area contributed by atoms with Gasteiger partial charge < -0.3 is 15.4 Å². The Balaban J connectivity index is 1.97. The lowest BCUT2D eigenvalue weighted by molar-refractivity contribution is 0.236. The molecule has 1 aliphatic rings. The van der Waals surface area contributed by atoms with Crippen LogP contribution in [0, 0.1) is 6.92 Å². The van der Waals surface area contributed by atoms with Gasteiger partial charge in [0.1, 0.15) is 5.75 Å². The Labute approximate surface area is 152 Å². The van der Waals surface area contributed by atoms with E-state index in [0.717, 1.165) is 36.8 Å². The Morgan fingerprint density at radius 2 is 2.00 bits per heavy atom. The monoisotopic (exact) mass is 346 g/mol. The van der Waals surface area contributed by atoms with Crippen LogP contribution in [0.15, 0.2) is 23.2 Å². The number of aryl methyl sites for hydroxylation is 1. The van der Waals surface area contributed by atoms with Crippen LogP contribution < -0.4 is 15.4 Å². The fourth-order valence-electron chi connectivity index (χ4n) is 3.34. The van der Waals surface area contributed by atoms with Crippen LogP contribution in [-0.4, -0.2) is 50.2 Å². The lowest BCUT2D eigenvalue weighted by Crippen LogP contribution is -2.46. The highest BCUT2D eigenvalue weighted by atomic mass is 16.5. The normalized spacial score (nSPS) is 16.7. The van der Waals surface area contributed by atoms with Crippen molar-refractivity contribution in [2.45, 2.75) is 52.6 Å². The molecule has 0 amide bonds. The summed E-state index contributed by atoms with van der Waals surface area (Å²) >= 11 is 0. The van der Waals surface area contributed by atoms with Gasteiger partial charge in [-0.05, 0) is 57.8 Å². The first-order valence-corrected chi connectivity index (χ1v) is 9.57. The van der Waals surface area contributed by atoms with Crippen LogP contribution in [0.3, 0.4) is 0 Å². The smallest absolute Gasteiger partial charge is 0.191 e. The van der Waals surface area contributed by atoms with Gasteiger partial charge in [-0.25, -0.2) is 4.99 Å². The van der Waals surface area contributed by atoms with Crippen LogP contribution in [0.5, 0.6) is 5.75 Å². The molecule has 1 atom stereocenters. The maximum Gasteiger partial charge on any atom is 0.191 e. The van der Waals surface area contributed by atoms with Gasteiger partial charge in [0.05, 0.1) is 13.7 Å². The predicted molar refractivity (Wildman–Crippen MR) is 105 cm³/mol. The molecule has 5 heteroatoms. The Hall–Kier alpha value is -1.75. The average molecular weight is 347 g/mol. The van der Waals surface area contributed by atoms with Gasteiger partial charge in [0, 0.05) is 24.7 Å². The van der Waals surface area contributed by atoms with E-state index in [1.54, 1.807) is 7.11 Å². The summed E-state index contributed by atoms with van der Waals surface area (Å²) in [6.45, 7) is 11.3. The van der Waals surface area contributed by atoms with Crippen molar-refractivity contribution in [2.75, 3.05) is 33.3 Å². The van der Waals surface area contributed by atoms with Crippen molar-refractivity contribution in [3.05, 3.63) is 29.3 Å². The number of rotatable bonds is 8. The van der Waals surface area contributed by atoms with Gasteiger partial charge in [-0.15, -0.1) is 0 Å². The SMILES string of the molecule is CCNC(=NCc1ccc(C)cc1OC)NCC(CC)N1CCCC1. The number of methoxy groups -OCH3 is 1. The molecule has 2 rings (SSSR count). The molecule has 0 radical (unpaired) electrons. The highest BCUT2D eigenvalue weighted by Gasteiger charge is 2.20. The summed E-state index contributed by atoms with van der Waals surface area (Å²) in [4.78, 5) is 7.35. The summed E-state index contributed by atoms with van der Waals surface area (Å²) in [5.74, 6) is 1.78. The fourth-order valence-corrected chi connectivity index (χ4v) is 3.34. The van der Waals surface area contributed by atoms with Crippen LogP contribution in [0.2, 0.25) is 0 Å². The first-order valence-electron chi connectivity index (χ1n) is 9.57. The maximum absolute atomic E-state index is 5.48. The van der Waals surface area contributed by atoms with Crippen molar-refractivity contribution in [2.24, 2.45) is 4.99 Å². The first kappa shape index (κ1) is 19.6. The molecule has 25 heavy (non-hydrogen) atoms. The zero-order valence-electron chi connectivity index (χ0n) is 16.3. The average Bonchev–Trinajstić information content (AvgIpc) is 3.15. The Bertz CT molecular complexity index is 553. The molecule has 0 bridgehead atoms. The lowest BCUT2D eigenvalue weighted by Gasteiger charge is -2.27. The first-order chi connectivity index (χ1) is 12.2. The minimum Gasteiger partial charge on any atom is -0.496 e. The summed E-state index contributed by atoms with van der Waals surface area (Å²) < 4.78 is 5.48. The van der Waals surface area contributed by atoms with E-state index in [4.69, 9.17) is 9.73 Å². The molecule has 1 fully saturated rings. The number of aliphatic imine (C=N–C) groups is 1. The predicted octanol–water partition coefficient (Wildman–Crippen LogP) is 2.93. The van der Waals surface area contributed by atoms with Crippen LogP contribution in [-0.2, 0) is 6.54 Å². The topological polar surface area (TPSA) is 48.9 Å². The van der Waals surface area contributed by atoms with E-state index >= 15 is 0 Å². The molecule has 1 aromatic carbocycles. The number of hydrogen-bond donors (Lipinski definition) is 2. The number of nitrogens with zero attached hydrogens (tertiary/aromatic N) is 2. The third-order valence-corrected chi connectivity index (χ3v) is 4.83. The Morgan fingerprint density at radius 1 is 1.24 bits per heavy atom. The highest BCUT2D eigenvalue weighted by molar-refractivity contribution is 5.79. The Kier molecular flexibility index (Phi) is 8.06. The van der Waals surface area contributed by atoms with Gasteiger partial charge in [0.15, 0.2) is 5.96 Å². The van der Waals surface area contributed by atoms with Crippen molar-refractivity contribution in [1.82, 2.24) is 15.5 Å². The number of ether oxygens (including phenoxy) is 1. The van der Waals surface area contributed by atoms with E-state index in [0.29, 0.717) is 12.6 Å². The van der Waals surface area contributed by atoms with Crippen LogP contribution in [0.25, 0.3) is 0 Å². The van der Waals surface area contributed by atoms with Crippen molar-refractivity contribution >= 4 is 5.96 Å². The molecule has 1 aliphatic heterocycles. The van der Waals surface area contributed by atoms with Gasteiger partial charge in [0.25, 0.3) is 0 Å². The van der Waals surface area contributed by atoms with Crippen molar-refractivity contribution in [1.29, 1.82) is 0 Å². The van der Waals surface area contributed by atoms with E-state index in [1.807, 2.05) is 0 Å². The highest BCUT2D eigenvalue weighted by Crippen LogP contribution is 2.20. The lowest BCUT2D eigenvalue weighted by atomic mass is 10.1. The summed E-state index contributed by atoms with van der Waals surface area (Å²) in [6, 6.07) is 6.85. The minimum absolute atomic E-state index is 0.584. The second kappa shape index (κ2) is 10.3. The molecule has 1 saturated heterocycles. The summed E-state index contributed by atoms with van der Waals surface area (Å²) in [5.41, 5.74) is 2.31. The molecule has 1 heterocycles. The number of guanidine groups is 1. The summed E-state index contributed by atoms with van der Waals surface area (Å²) in [6.07, 6.45) is 3.83. The summed E-state index contributed by atoms with van der Waals surface area (Å²) in [5, 5.41) is 6.88. The van der Waals surface area contributed by atoms with Crippen molar-refractivity contribution in [3.63, 3.8) is 0 Å². The third kappa shape index (κ3) is 5.92. The Morgan fingerprint density at radius 3 is 2.64 bits per heavy atom. The molecule has 1 aromatic rings. The van der Waals surface area contributed by atoms with E-state index < -0.39 is 0 Å². The van der Waals surface area contributed by atoms with E-state index in [-0.39, 0.29) is 0 Å². The second-order valence-corrected chi connectivity index (χ2v) is 6.70. The fraction of sp³-hybridized carbons (Fsp3) is 0.650. The molecule has 0 spiro atoms. The maximum atomic E-state index is 5.48. The van der Waals surface area contributed by atoms with Crippen LogP contribution in [0.1, 0.15) is 44.2 Å². The largest absolute Gasteiger partial charge is 0.496 e. The number of benzene rings is 1.